The molecule has 126 valence electrons. The maximum Gasteiger partial charge on any atom is 0.256 e. The predicted molar refractivity (Wildman–Crippen MR) is 86.0 cm³/mol. The second-order valence-corrected chi connectivity index (χ2v) is 5.82. The zero-order valence-electron chi connectivity index (χ0n) is 13.6. The third-order valence-electron chi connectivity index (χ3n) is 4.08. The van der Waals surface area contributed by atoms with Crippen LogP contribution in [0.3, 0.4) is 0 Å². The lowest BCUT2D eigenvalue weighted by Crippen LogP contribution is -2.49. The van der Waals surface area contributed by atoms with Crippen LogP contribution in [0.25, 0.3) is 0 Å². The van der Waals surface area contributed by atoms with Crippen LogP contribution in [0.5, 0.6) is 0 Å². The van der Waals surface area contributed by atoms with E-state index in [4.69, 9.17) is 0 Å². The number of aromatic nitrogens is 2. The van der Waals surface area contributed by atoms with Crippen molar-refractivity contribution in [2.24, 2.45) is 0 Å². The number of nitrogens with zero attached hydrogens (tertiary/aromatic N) is 4. The largest absolute Gasteiger partial charge is 0.352 e. The molecule has 3 rings (SSSR count). The Bertz CT molecular complexity index is 773. The number of rotatable bonds is 2. The Morgan fingerprint density at radius 2 is 1.83 bits per heavy atom. The predicted octanol–water partition coefficient (Wildman–Crippen LogP) is 2.33. The molecule has 0 saturated carbocycles. The maximum absolute atomic E-state index is 13.8. The standard InChI is InChI=1S/C17H18F2N4O/c1-11-10-20-12(2)16(21-11)22-5-7-23(8-6-22)17(24)14-4-3-13(18)9-15(14)19/h3-4,9-10H,5-8H2,1-2H3. The molecular formula is C17H18F2N4O. The summed E-state index contributed by atoms with van der Waals surface area (Å²) in [6, 6.07) is 3.02. The number of benzene rings is 1. The third-order valence-corrected chi connectivity index (χ3v) is 4.08. The second kappa shape index (κ2) is 6.51. The molecule has 1 fully saturated rings. The monoisotopic (exact) mass is 332 g/mol. The highest BCUT2D eigenvalue weighted by Crippen LogP contribution is 2.19. The van der Waals surface area contributed by atoms with Crippen molar-refractivity contribution in [3.05, 3.63) is 53.0 Å². The van der Waals surface area contributed by atoms with Crippen molar-refractivity contribution in [2.75, 3.05) is 31.1 Å². The molecule has 1 aromatic carbocycles. The van der Waals surface area contributed by atoms with Crippen LogP contribution in [0.2, 0.25) is 0 Å². The molecule has 1 aromatic heterocycles. The molecule has 0 N–H and O–H groups in total. The van der Waals surface area contributed by atoms with Crippen LogP contribution in [-0.4, -0.2) is 47.0 Å². The van der Waals surface area contributed by atoms with Crippen LogP contribution in [0, 0.1) is 25.5 Å². The van der Waals surface area contributed by atoms with Gasteiger partial charge < -0.3 is 9.80 Å². The molecule has 0 atom stereocenters. The molecule has 0 aliphatic carbocycles. The number of halogens is 2. The molecule has 7 heteroatoms. The van der Waals surface area contributed by atoms with Crippen molar-refractivity contribution in [3.63, 3.8) is 0 Å². The Balaban J connectivity index is 1.70. The van der Waals surface area contributed by atoms with E-state index >= 15 is 0 Å². The van der Waals surface area contributed by atoms with Crippen molar-refractivity contribution >= 4 is 11.7 Å². The normalized spacial score (nSPS) is 14.8. The van der Waals surface area contributed by atoms with E-state index in [0.717, 1.165) is 29.3 Å². The lowest BCUT2D eigenvalue weighted by molar-refractivity contribution is 0.0741. The number of carbonyl (C=O) groups is 1. The SMILES string of the molecule is Cc1cnc(C)c(N2CCN(C(=O)c3ccc(F)cc3F)CC2)n1. The van der Waals surface area contributed by atoms with Crippen molar-refractivity contribution in [1.82, 2.24) is 14.9 Å². The Labute approximate surface area is 138 Å². The van der Waals surface area contributed by atoms with Gasteiger partial charge in [-0.1, -0.05) is 0 Å². The Hall–Kier alpha value is -2.57. The highest BCUT2D eigenvalue weighted by molar-refractivity contribution is 5.94. The maximum atomic E-state index is 13.8. The number of carbonyl (C=O) groups excluding carboxylic acids is 1. The average molecular weight is 332 g/mol. The molecule has 24 heavy (non-hydrogen) atoms. The van der Waals surface area contributed by atoms with E-state index in [0.29, 0.717) is 26.2 Å². The fourth-order valence-corrected chi connectivity index (χ4v) is 2.78. The summed E-state index contributed by atoms with van der Waals surface area (Å²) < 4.78 is 26.8. The Morgan fingerprint density at radius 1 is 1.12 bits per heavy atom. The summed E-state index contributed by atoms with van der Waals surface area (Å²) in [5.74, 6) is -1.13. The van der Waals surface area contributed by atoms with Crippen LogP contribution < -0.4 is 4.90 Å². The summed E-state index contributed by atoms with van der Waals surface area (Å²) in [5, 5.41) is 0. The van der Waals surface area contributed by atoms with Gasteiger partial charge >= 0.3 is 0 Å². The first-order valence-electron chi connectivity index (χ1n) is 7.75. The molecule has 0 spiro atoms. The van der Waals surface area contributed by atoms with Crippen LogP contribution in [0.15, 0.2) is 24.4 Å². The number of aryl methyl sites for hydroxylation is 2. The van der Waals surface area contributed by atoms with Crippen molar-refractivity contribution in [2.45, 2.75) is 13.8 Å². The van der Waals surface area contributed by atoms with E-state index in [1.807, 2.05) is 13.8 Å². The van der Waals surface area contributed by atoms with Crippen LogP contribution in [0.1, 0.15) is 21.7 Å². The van der Waals surface area contributed by atoms with Crippen LogP contribution in [-0.2, 0) is 0 Å². The van der Waals surface area contributed by atoms with E-state index in [1.165, 1.54) is 6.07 Å². The molecule has 1 aliphatic rings. The molecule has 5 nitrogen and oxygen atoms in total. The molecule has 1 amide bonds. The molecule has 1 saturated heterocycles. The second-order valence-electron chi connectivity index (χ2n) is 5.82. The lowest BCUT2D eigenvalue weighted by Gasteiger charge is -2.36. The molecular weight excluding hydrogens is 314 g/mol. The number of anilines is 1. The summed E-state index contributed by atoms with van der Waals surface area (Å²) in [4.78, 5) is 24.9. The van der Waals surface area contributed by atoms with Crippen LogP contribution >= 0.6 is 0 Å². The average Bonchev–Trinajstić information content (AvgIpc) is 2.57. The molecule has 2 aromatic rings. The van der Waals surface area contributed by atoms with Crippen molar-refractivity contribution in [1.29, 1.82) is 0 Å². The lowest BCUT2D eigenvalue weighted by atomic mass is 10.1. The number of piperazine rings is 1. The van der Waals surface area contributed by atoms with E-state index < -0.39 is 17.5 Å². The topological polar surface area (TPSA) is 49.3 Å². The minimum absolute atomic E-state index is 0.101. The summed E-state index contributed by atoms with van der Waals surface area (Å²) in [6.07, 6.45) is 1.72. The molecule has 1 aliphatic heterocycles. The number of hydrogen-bond donors (Lipinski definition) is 0. The van der Waals surface area contributed by atoms with Gasteiger partial charge in [0.1, 0.15) is 17.5 Å². The highest BCUT2D eigenvalue weighted by Gasteiger charge is 2.25. The van der Waals surface area contributed by atoms with Gasteiger partial charge in [0.05, 0.1) is 17.0 Å². The van der Waals surface area contributed by atoms with Gasteiger partial charge in [-0.15, -0.1) is 0 Å². The minimum Gasteiger partial charge on any atom is -0.352 e. The van der Waals surface area contributed by atoms with E-state index in [-0.39, 0.29) is 5.56 Å². The van der Waals surface area contributed by atoms with Crippen LogP contribution in [0.4, 0.5) is 14.6 Å². The van der Waals surface area contributed by atoms with Gasteiger partial charge in [0.25, 0.3) is 5.91 Å². The zero-order valence-corrected chi connectivity index (χ0v) is 13.6. The highest BCUT2D eigenvalue weighted by atomic mass is 19.1. The Kier molecular flexibility index (Phi) is 4.42. The van der Waals surface area contributed by atoms with Crippen molar-refractivity contribution < 1.29 is 13.6 Å². The fourth-order valence-electron chi connectivity index (χ4n) is 2.78. The molecule has 0 bridgehead atoms. The zero-order chi connectivity index (χ0) is 17.3. The summed E-state index contributed by atoms with van der Waals surface area (Å²) in [5.41, 5.74) is 1.57. The number of hydrogen-bond acceptors (Lipinski definition) is 4. The quantitative estimate of drug-likeness (QED) is 0.847. The number of amides is 1. The smallest absolute Gasteiger partial charge is 0.256 e. The first-order chi connectivity index (χ1) is 11.5. The first kappa shape index (κ1) is 16.3. The summed E-state index contributed by atoms with van der Waals surface area (Å²) in [6.45, 7) is 5.86. The van der Waals surface area contributed by atoms with Gasteiger partial charge in [0, 0.05) is 38.4 Å². The first-order valence-corrected chi connectivity index (χ1v) is 7.75. The minimum atomic E-state index is -0.831. The molecule has 0 unspecified atom stereocenters. The van der Waals surface area contributed by atoms with Gasteiger partial charge in [-0.2, -0.15) is 0 Å². The van der Waals surface area contributed by atoms with E-state index in [1.54, 1.807) is 11.1 Å². The van der Waals surface area contributed by atoms with E-state index in [2.05, 4.69) is 14.9 Å². The third kappa shape index (κ3) is 3.20. The van der Waals surface area contributed by atoms with Crippen molar-refractivity contribution in [3.8, 4) is 0 Å². The van der Waals surface area contributed by atoms with Gasteiger partial charge in [0.2, 0.25) is 0 Å². The summed E-state index contributed by atoms with van der Waals surface area (Å²) >= 11 is 0. The molecule has 0 radical (unpaired) electrons. The van der Waals surface area contributed by atoms with E-state index in [9.17, 15) is 13.6 Å². The fraction of sp³-hybridized carbons (Fsp3) is 0.353. The Morgan fingerprint density at radius 3 is 2.50 bits per heavy atom. The van der Waals surface area contributed by atoms with Gasteiger partial charge in [-0.05, 0) is 26.0 Å². The molecule has 2 heterocycles. The summed E-state index contributed by atoms with van der Waals surface area (Å²) in [7, 11) is 0. The van der Waals surface area contributed by atoms with Gasteiger partial charge in [0.15, 0.2) is 0 Å². The van der Waals surface area contributed by atoms with Gasteiger partial charge in [-0.3, -0.25) is 9.78 Å². The van der Waals surface area contributed by atoms with Gasteiger partial charge in [-0.25, -0.2) is 13.8 Å².